The van der Waals surface area contributed by atoms with Gasteiger partial charge < -0.3 is 10.6 Å². The lowest BCUT2D eigenvalue weighted by Gasteiger charge is -2.15. The molecule has 1 aliphatic heterocycles. The normalized spacial score (nSPS) is 16.1. The zero-order valence-electron chi connectivity index (χ0n) is 12.3. The number of anilines is 1. The predicted octanol–water partition coefficient (Wildman–Crippen LogP) is 1.22. The smallest absolute Gasteiger partial charge is 0.325 e. The van der Waals surface area contributed by atoms with E-state index in [0.717, 1.165) is 4.90 Å². The van der Waals surface area contributed by atoms with Crippen molar-refractivity contribution in [3.8, 4) is 6.07 Å². The SMILES string of the molecule is CC1(C)NC(=O)N(CCC(=O)Nc2ccccc2C#N)C1=O. The van der Waals surface area contributed by atoms with Gasteiger partial charge in [0.05, 0.1) is 11.3 Å². The van der Waals surface area contributed by atoms with Gasteiger partial charge in [-0.2, -0.15) is 5.26 Å². The van der Waals surface area contributed by atoms with E-state index in [1.165, 1.54) is 0 Å². The molecule has 0 aliphatic carbocycles. The molecule has 22 heavy (non-hydrogen) atoms. The number of rotatable bonds is 4. The number of para-hydroxylation sites is 1. The van der Waals surface area contributed by atoms with Crippen molar-refractivity contribution in [2.24, 2.45) is 0 Å². The molecule has 1 aliphatic rings. The number of benzene rings is 1. The molecule has 0 radical (unpaired) electrons. The third kappa shape index (κ3) is 3.06. The maximum Gasteiger partial charge on any atom is 0.325 e. The number of nitrogens with zero attached hydrogens (tertiary/aromatic N) is 2. The Hall–Kier alpha value is -2.88. The van der Waals surface area contributed by atoms with Crippen LogP contribution in [0.5, 0.6) is 0 Å². The molecular formula is C15H16N4O3. The van der Waals surface area contributed by atoms with E-state index in [9.17, 15) is 14.4 Å². The number of hydrogen-bond donors (Lipinski definition) is 2. The summed E-state index contributed by atoms with van der Waals surface area (Å²) in [6.45, 7) is 3.21. The first kappa shape index (κ1) is 15.5. The average molecular weight is 300 g/mol. The molecule has 0 bridgehead atoms. The van der Waals surface area contributed by atoms with Crippen molar-refractivity contribution in [1.82, 2.24) is 10.2 Å². The fraction of sp³-hybridized carbons (Fsp3) is 0.333. The van der Waals surface area contributed by atoms with Gasteiger partial charge in [-0.05, 0) is 26.0 Å². The molecule has 0 aromatic heterocycles. The van der Waals surface area contributed by atoms with Crippen molar-refractivity contribution in [2.75, 3.05) is 11.9 Å². The molecule has 114 valence electrons. The van der Waals surface area contributed by atoms with Crippen molar-refractivity contribution in [3.63, 3.8) is 0 Å². The molecule has 1 heterocycles. The van der Waals surface area contributed by atoms with Crippen LogP contribution in [0.2, 0.25) is 0 Å². The number of carbonyl (C=O) groups is 3. The first-order valence-corrected chi connectivity index (χ1v) is 6.78. The van der Waals surface area contributed by atoms with Crippen LogP contribution in [-0.4, -0.2) is 34.8 Å². The lowest BCUT2D eigenvalue weighted by atomic mass is 10.1. The van der Waals surface area contributed by atoms with Gasteiger partial charge in [-0.25, -0.2) is 4.79 Å². The van der Waals surface area contributed by atoms with E-state index < -0.39 is 11.6 Å². The number of hydrogen-bond acceptors (Lipinski definition) is 4. The molecule has 1 fully saturated rings. The van der Waals surface area contributed by atoms with E-state index in [4.69, 9.17) is 5.26 Å². The fourth-order valence-corrected chi connectivity index (χ4v) is 2.14. The number of nitriles is 1. The minimum absolute atomic E-state index is 0.00531. The minimum Gasteiger partial charge on any atom is -0.325 e. The molecule has 1 saturated heterocycles. The van der Waals surface area contributed by atoms with Crippen LogP contribution in [0.25, 0.3) is 0 Å². The highest BCUT2D eigenvalue weighted by Crippen LogP contribution is 2.17. The van der Waals surface area contributed by atoms with E-state index in [-0.39, 0.29) is 24.8 Å². The van der Waals surface area contributed by atoms with E-state index in [1.807, 2.05) is 6.07 Å². The molecule has 0 unspecified atom stereocenters. The van der Waals surface area contributed by atoms with E-state index in [2.05, 4.69) is 10.6 Å². The molecule has 7 heteroatoms. The summed E-state index contributed by atoms with van der Waals surface area (Å²) in [6, 6.07) is 8.09. The summed E-state index contributed by atoms with van der Waals surface area (Å²) in [5, 5.41) is 14.1. The Morgan fingerprint density at radius 1 is 1.36 bits per heavy atom. The Labute approximate surface area is 127 Å². The number of urea groups is 1. The van der Waals surface area contributed by atoms with Crippen molar-refractivity contribution < 1.29 is 14.4 Å². The average Bonchev–Trinajstić information content (AvgIpc) is 2.66. The molecule has 2 N–H and O–H groups in total. The number of carbonyl (C=O) groups excluding carboxylic acids is 3. The molecule has 7 nitrogen and oxygen atoms in total. The number of amides is 4. The molecule has 2 rings (SSSR count). The molecule has 1 aromatic rings. The standard InChI is InChI=1S/C15H16N4O3/c1-15(2)13(21)19(14(22)18-15)8-7-12(20)17-11-6-4-3-5-10(11)9-16/h3-6H,7-8H2,1-2H3,(H,17,20)(H,18,22). The summed E-state index contributed by atoms with van der Waals surface area (Å²) in [6.07, 6.45) is -0.0327. The third-order valence-corrected chi connectivity index (χ3v) is 3.33. The maximum absolute atomic E-state index is 12.0. The Kier molecular flexibility index (Phi) is 4.13. The summed E-state index contributed by atoms with van der Waals surface area (Å²) in [4.78, 5) is 36.6. The van der Waals surface area contributed by atoms with Crippen LogP contribution in [0, 0.1) is 11.3 Å². The monoisotopic (exact) mass is 300 g/mol. The van der Waals surface area contributed by atoms with Crippen LogP contribution >= 0.6 is 0 Å². The van der Waals surface area contributed by atoms with Crippen LogP contribution in [0.1, 0.15) is 25.8 Å². The van der Waals surface area contributed by atoms with Crippen molar-refractivity contribution in [3.05, 3.63) is 29.8 Å². The highest BCUT2D eigenvalue weighted by atomic mass is 16.2. The Bertz CT molecular complexity index is 676. The van der Waals surface area contributed by atoms with Crippen LogP contribution in [-0.2, 0) is 9.59 Å². The van der Waals surface area contributed by atoms with Gasteiger partial charge in [0.25, 0.3) is 5.91 Å². The summed E-state index contributed by atoms with van der Waals surface area (Å²) >= 11 is 0. The van der Waals surface area contributed by atoms with Gasteiger partial charge in [0.1, 0.15) is 11.6 Å². The van der Waals surface area contributed by atoms with Crippen molar-refractivity contribution in [2.45, 2.75) is 25.8 Å². The third-order valence-electron chi connectivity index (χ3n) is 3.33. The Balaban J connectivity index is 1.95. The maximum atomic E-state index is 12.0. The van der Waals surface area contributed by atoms with Crippen LogP contribution < -0.4 is 10.6 Å². The number of imide groups is 1. The summed E-state index contributed by atoms with van der Waals surface area (Å²) in [5.74, 6) is -0.726. The van der Waals surface area contributed by atoms with Gasteiger partial charge in [-0.1, -0.05) is 12.1 Å². The van der Waals surface area contributed by atoms with E-state index in [0.29, 0.717) is 11.3 Å². The Morgan fingerprint density at radius 3 is 2.64 bits per heavy atom. The van der Waals surface area contributed by atoms with Crippen LogP contribution in [0.3, 0.4) is 0 Å². The summed E-state index contributed by atoms with van der Waals surface area (Å²) in [7, 11) is 0. The highest BCUT2D eigenvalue weighted by Gasteiger charge is 2.43. The lowest BCUT2D eigenvalue weighted by molar-refractivity contribution is -0.130. The zero-order chi connectivity index (χ0) is 16.3. The predicted molar refractivity (Wildman–Crippen MR) is 78.7 cm³/mol. The first-order valence-electron chi connectivity index (χ1n) is 6.78. The van der Waals surface area contributed by atoms with Gasteiger partial charge in [-0.3, -0.25) is 14.5 Å². The topological polar surface area (TPSA) is 102 Å². The second-order valence-corrected chi connectivity index (χ2v) is 5.47. The molecule has 0 spiro atoms. The minimum atomic E-state index is -0.943. The summed E-state index contributed by atoms with van der Waals surface area (Å²) < 4.78 is 0. The number of nitrogens with one attached hydrogen (secondary N) is 2. The van der Waals surface area contributed by atoms with E-state index >= 15 is 0 Å². The Morgan fingerprint density at radius 2 is 2.05 bits per heavy atom. The van der Waals surface area contributed by atoms with Gasteiger partial charge in [0.2, 0.25) is 5.91 Å². The summed E-state index contributed by atoms with van der Waals surface area (Å²) in [5.41, 5.74) is -0.180. The fourth-order valence-electron chi connectivity index (χ4n) is 2.14. The largest absolute Gasteiger partial charge is 0.325 e. The van der Waals surface area contributed by atoms with Crippen LogP contribution in [0.15, 0.2) is 24.3 Å². The molecular weight excluding hydrogens is 284 g/mol. The highest BCUT2D eigenvalue weighted by molar-refractivity contribution is 6.06. The first-order chi connectivity index (χ1) is 10.3. The van der Waals surface area contributed by atoms with Crippen LogP contribution in [0.4, 0.5) is 10.5 Å². The van der Waals surface area contributed by atoms with Gasteiger partial charge >= 0.3 is 6.03 Å². The quantitative estimate of drug-likeness (QED) is 0.816. The van der Waals surface area contributed by atoms with Gasteiger partial charge in [0, 0.05) is 13.0 Å². The molecule has 1 aromatic carbocycles. The van der Waals surface area contributed by atoms with Gasteiger partial charge in [0.15, 0.2) is 0 Å². The lowest BCUT2D eigenvalue weighted by Crippen LogP contribution is -2.40. The van der Waals surface area contributed by atoms with Crippen molar-refractivity contribution in [1.29, 1.82) is 5.26 Å². The molecule has 4 amide bonds. The van der Waals surface area contributed by atoms with E-state index in [1.54, 1.807) is 38.1 Å². The second kappa shape index (κ2) is 5.85. The zero-order valence-corrected chi connectivity index (χ0v) is 12.3. The molecule has 0 atom stereocenters. The van der Waals surface area contributed by atoms with Gasteiger partial charge in [-0.15, -0.1) is 0 Å². The molecule has 0 saturated carbocycles. The van der Waals surface area contributed by atoms with Crippen molar-refractivity contribution >= 4 is 23.5 Å². The second-order valence-electron chi connectivity index (χ2n) is 5.47.